The lowest BCUT2D eigenvalue weighted by atomic mass is 9.95. The molecule has 1 N–H and O–H groups in total. The molecule has 2 aromatic rings. The summed E-state index contributed by atoms with van der Waals surface area (Å²) in [4.78, 5) is 11.9. The molecule has 0 aliphatic heterocycles. The fourth-order valence-corrected chi connectivity index (χ4v) is 3.50. The molecule has 160 valence electrons. The largest absolute Gasteiger partial charge is 0.472 e. The van der Waals surface area contributed by atoms with Crippen LogP contribution in [0.5, 0.6) is 0 Å². The molecule has 0 saturated carbocycles. The number of Topliss-reactive ketones (excluding diaryl/α,β-unsaturated/α-hetero) is 1. The molecule has 2 aromatic heterocycles. The van der Waals surface area contributed by atoms with Crippen molar-refractivity contribution in [2.24, 2.45) is 5.92 Å². The van der Waals surface area contributed by atoms with E-state index in [1.54, 1.807) is 19.5 Å². The molecule has 5 heteroatoms. The molecule has 0 unspecified atom stereocenters. The van der Waals surface area contributed by atoms with Crippen LogP contribution in [0.15, 0.2) is 51.4 Å². The maximum Gasteiger partial charge on any atom is 0.163 e. The van der Waals surface area contributed by atoms with Gasteiger partial charge < -0.3 is 13.9 Å². The van der Waals surface area contributed by atoms with Gasteiger partial charge in [-0.15, -0.1) is 11.6 Å². The quantitative estimate of drug-likeness (QED) is 0.314. The van der Waals surface area contributed by atoms with Crippen molar-refractivity contribution < 1.29 is 18.7 Å². The maximum absolute atomic E-state index is 11.9. The molecule has 0 aliphatic carbocycles. The van der Waals surface area contributed by atoms with E-state index >= 15 is 0 Å². The van der Waals surface area contributed by atoms with Gasteiger partial charge in [0.1, 0.15) is 11.9 Å². The number of hydrogen-bond acceptors (Lipinski definition) is 4. The van der Waals surface area contributed by atoms with Crippen LogP contribution in [0, 0.1) is 5.92 Å². The van der Waals surface area contributed by atoms with E-state index in [-0.39, 0.29) is 11.7 Å². The zero-order valence-electron chi connectivity index (χ0n) is 17.7. The average molecular weight is 421 g/mol. The highest BCUT2D eigenvalue weighted by Gasteiger charge is 2.21. The SMILES string of the molecule is CC(=CCC[C@@H](C)CC(=O)[C@H](O)[C@H](C)Cl)CCCc1coc(Cc2ccoc2)c1. The van der Waals surface area contributed by atoms with Gasteiger partial charge in [0, 0.05) is 12.8 Å². The highest BCUT2D eigenvalue weighted by molar-refractivity contribution is 6.22. The van der Waals surface area contributed by atoms with Gasteiger partial charge in [-0.05, 0) is 75.1 Å². The van der Waals surface area contributed by atoms with E-state index in [1.807, 2.05) is 19.3 Å². The second-order valence-electron chi connectivity index (χ2n) is 8.11. The third kappa shape index (κ3) is 8.63. The summed E-state index contributed by atoms with van der Waals surface area (Å²) in [5.74, 6) is 1.05. The highest BCUT2D eigenvalue weighted by Crippen LogP contribution is 2.18. The topological polar surface area (TPSA) is 63.6 Å². The summed E-state index contributed by atoms with van der Waals surface area (Å²) in [7, 11) is 0. The summed E-state index contributed by atoms with van der Waals surface area (Å²) in [5, 5.41) is 9.18. The molecule has 0 aromatic carbocycles. The average Bonchev–Trinajstić information content (AvgIpc) is 3.33. The van der Waals surface area contributed by atoms with Gasteiger partial charge in [0.2, 0.25) is 0 Å². The predicted octanol–water partition coefficient (Wildman–Crippen LogP) is 6.10. The highest BCUT2D eigenvalue weighted by atomic mass is 35.5. The van der Waals surface area contributed by atoms with Crippen molar-refractivity contribution in [2.75, 3.05) is 0 Å². The number of furan rings is 2. The van der Waals surface area contributed by atoms with Crippen LogP contribution in [-0.4, -0.2) is 22.4 Å². The molecule has 3 atom stereocenters. The molecule has 0 bridgehead atoms. The number of carbonyl (C=O) groups excluding carboxylic acids is 1. The molecule has 2 heterocycles. The number of carbonyl (C=O) groups is 1. The predicted molar refractivity (Wildman–Crippen MR) is 116 cm³/mol. The summed E-state index contributed by atoms with van der Waals surface area (Å²) < 4.78 is 10.7. The van der Waals surface area contributed by atoms with Gasteiger partial charge in [-0.1, -0.05) is 18.6 Å². The first kappa shape index (κ1) is 23.5. The van der Waals surface area contributed by atoms with Crippen LogP contribution in [0.4, 0.5) is 0 Å². The van der Waals surface area contributed by atoms with Gasteiger partial charge in [-0.25, -0.2) is 0 Å². The van der Waals surface area contributed by atoms with E-state index in [2.05, 4.69) is 19.1 Å². The number of aryl methyl sites for hydroxylation is 1. The Labute approximate surface area is 178 Å². The first-order chi connectivity index (χ1) is 13.8. The van der Waals surface area contributed by atoms with Gasteiger partial charge in [0.05, 0.1) is 24.2 Å². The van der Waals surface area contributed by atoms with E-state index in [0.29, 0.717) is 6.42 Å². The number of ketones is 1. The number of aliphatic hydroxyl groups excluding tert-OH is 1. The van der Waals surface area contributed by atoms with Crippen LogP contribution in [0.3, 0.4) is 0 Å². The molecular formula is C24H33ClO4. The van der Waals surface area contributed by atoms with Gasteiger partial charge in [0.15, 0.2) is 5.78 Å². The van der Waals surface area contributed by atoms with E-state index in [1.165, 1.54) is 11.1 Å². The molecule has 0 spiro atoms. The second kappa shape index (κ2) is 12.0. The van der Waals surface area contributed by atoms with Crippen molar-refractivity contribution in [3.05, 3.63) is 59.5 Å². The Kier molecular flexibility index (Phi) is 9.75. The lowest BCUT2D eigenvalue weighted by molar-refractivity contribution is -0.127. The fourth-order valence-electron chi connectivity index (χ4n) is 3.35. The van der Waals surface area contributed by atoms with Gasteiger partial charge in [-0.2, -0.15) is 0 Å². The van der Waals surface area contributed by atoms with Crippen molar-refractivity contribution in [3.8, 4) is 0 Å². The lowest BCUT2D eigenvalue weighted by Gasteiger charge is -2.15. The Morgan fingerprint density at radius 2 is 2.07 bits per heavy atom. The summed E-state index contributed by atoms with van der Waals surface area (Å²) in [6, 6.07) is 4.08. The summed E-state index contributed by atoms with van der Waals surface area (Å²) in [6.45, 7) is 5.85. The van der Waals surface area contributed by atoms with Gasteiger partial charge in [0.25, 0.3) is 0 Å². The third-order valence-corrected chi connectivity index (χ3v) is 5.41. The fraction of sp³-hybridized carbons (Fsp3) is 0.542. The molecule has 0 amide bonds. The van der Waals surface area contributed by atoms with Crippen LogP contribution in [-0.2, 0) is 17.6 Å². The molecule has 0 radical (unpaired) electrons. The molecule has 0 saturated heterocycles. The normalized spacial score (nSPS) is 15.3. The summed E-state index contributed by atoms with van der Waals surface area (Å²) in [5.41, 5.74) is 3.72. The monoisotopic (exact) mass is 420 g/mol. The zero-order chi connectivity index (χ0) is 21.2. The number of alkyl halides is 1. The number of aliphatic hydroxyl groups is 1. The Morgan fingerprint density at radius 3 is 2.76 bits per heavy atom. The first-order valence-electron chi connectivity index (χ1n) is 10.4. The number of halogens is 1. The minimum absolute atomic E-state index is 0.159. The van der Waals surface area contributed by atoms with Crippen molar-refractivity contribution in [3.63, 3.8) is 0 Å². The van der Waals surface area contributed by atoms with E-state index in [0.717, 1.165) is 49.8 Å². The van der Waals surface area contributed by atoms with Crippen molar-refractivity contribution in [2.45, 2.75) is 77.2 Å². The summed E-state index contributed by atoms with van der Waals surface area (Å²) >= 11 is 5.79. The van der Waals surface area contributed by atoms with Crippen LogP contribution in [0.2, 0.25) is 0 Å². The molecule has 2 rings (SSSR count). The Morgan fingerprint density at radius 1 is 1.28 bits per heavy atom. The standard InChI is InChI=1S/C24H33ClO4/c1-17(6-4-8-18(2)12-23(26)24(27)19(3)25)7-5-9-20-13-22(29-16-20)14-21-10-11-28-15-21/h6,10-11,13,15-16,18-19,24,27H,4-5,7-9,12,14H2,1-3H3/t18-,19+,24-/m1/s1. The zero-order valence-corrected chi connectivity index (χ0v) is 18.5. The van der Waals surface area contributed by atoms with E-state index in [4.69, 9.17) is 20.4 Å². The van der Waals surface area contributed by atoms with Gasteiger partial charge >= 0.3 is 0 Å². The van der Waals surface area contributed by atoms with Crippen LogP contribution in [0.1, 0.15) is 69.8 Å². The smallest absolute Gasteiger partial charge is 0.163 e. The number of rotatable bonds is 13. The van der Waals surface area contributed by atoms with Crippen LogP contribution >= 0.6 is 11.6 Å². The molecule has 4 nitrogen and oxygen atoms in total. The van der Waals surface area contributed by atoms with E-state index < -0.39 is 11.5 Å². The lowest BCUT2D eigenvalue weighted by Crippen LogP contribution is -2.29. The van der Waals surface area contributed by atoms with E-state index in [9.17, 15) is 9.90 Å². The van der Waals surface area contributed by atoms with Crippen LogP contribution < -0.4 is 0 Å². The molecule has 0 aliphatic rings. The Bertz CT molecular complexity index is 758. The maximum atomic E-state index is 11.9. The second-order valence-corrected chi connectivity index (χ2v) is 8.80. The molecule has 29 heavy (non-hydrogen) atoms. The minimum Gasteiger partial charge on any atom is -0.472 e. The molecular weight excluding hydrogens is 388 g/mol. The number of hydrogen-bond donors (Lipinski definition) is 1. The minimum atomic E-state index is -1.06. The van der Waals surface area contributed by atoms with Crippen molar-refractivity contribution in [1.29, 1.82) is 0 Å². The number of allylic oxidation sites excluding steroid dienone is 2. The van der Waals surface area contributed by atoms with Crippen molar-refractivity contribution in [1.82, 2.24) is 0 Å². The summed E-state index contributed by atoms with van der Waals surface area (Å²) in [6.07, 6.45) is 12.6. The Hall–Kier alpha value is -1.78. The first-order valence-corrected chi connectivity index (χ1v) is 10.9. The van der Waals surface area contributed by atoms with Crippen LogP contribution in [0.25, 0.3) is 0 Å². The van der Waals surface area contributed by atoms with Gasteiger partial charge in [-0.3, -0.25) is 4.79 Å². The molecule has 0 fully saturated rings. The third-order valence-electron chi connectivity index (χ3n) is 5.17. The van der Waals surface area contributed by atoms with Crippen molar-refractivity contribution >= 4 is 17.4 Å². The Balaban J connectivity index is 1.63.